The second kappa shape index (κ2) is 9.88. The molecule has 176 valence electrons. The first-order chi connectivity index (χ1) is 17.5. The minimum absolute atomic E-state index is 0.242. The topological polar surface area (TPSA) is 45.0 Å². The fourth-order valence-electron chi connectivity index (χ4n) is 4.06. The SMILES string of the molecule is CN1C(=O)/C(=N\N=C(\C=C(c2ccc(F)cc2)c2ccc(F)cc2)c2ccccc2)c2ccccc21. The summed E-state index contributed by atoms with van der Waals surface area (Å²) in [7, 11) is 1.70. The molecule has 0 aromatic heterocycles. The summed E-state index contributed by atoms with van der Waals surface area (Å²) in [6, 6.07) is 29.0. The van der Waals surface area contributed by atoms with Crippen LogP contribution in [0.5, 0.6) is 0 Å². The Labute approximate surface area is 207 Å². The second-order valence-corrected chi connectivity index (χ2v) is 8.25. The number of carbonyl (C=O) groups excluding carboxylic acids is 1. The number of amides is 1. The highest BCUT2D eigenvalue weighted by Crippen LogP contribution is 2.28. The van der Waals surface area contributed by atoms with Crippen molar-refractivity contribution in [3.63, 3.8) is 0 Å². The van der Waals surface area contributed by atoms with E-state index in [9.17, 15) is 13.6 Å². The molecule has 0 fully saturated rings. The average molecular weight is 478 g/mol. The van der Waals surface area contributed by atoms with Gasteiger partial charge >= 0.3 is 0 Å². The van der Waals surface area contributed by atoms with Crippen molar-refractivity contribution in [1.82, 2.24) is 0 Å². The molecule has 5 rings (SSSR count). The highest BCUT2D eigenvalue weighted by atomic mass is 19.1. The van der Waals surface area contributed by atoms with Crippen molar-refractivity contribution in [3.05, 3.63) is 143 Å². The normalized spacial score (nSPS) is 14.2. The Morgan fingerprint density at radius 2 is 1.28 bits per heavy atom. The number of rotatable bonds is 5. The molecular formula is C30H21F2N3O. The van der Waals surface area contributed by atoms with Crippen LogP contribution in [-0.4, -0.2) is 24.4 Å². The van der Waals surface area contributed by atoms with Crippen LogP contribution in [0.25, 0.3) is 5.57 Å². The summed E-state index contributed by atoms with van der Waals surface area (Å²) in [6.07, 6.45) is 1.81. The van der Waals surface area contributed by atoms with E-state index in [1.807, 2.05) is 60.7 Å². The molecule has 0 saturated carbocycles. The maximum Gasteiger partial charge on any atom is 0.279 e. The number of hydrogen-bond acceptors (Lipinski definition) is 3. The van der Waals surface area contributed by atoms with Crippen molar-refractivity contribution in [2.45, 2.75) is 0 Å². The van der Waals surface area contributed by atoms with E-state index in [0.29, 0.717) is 16.8 Å². The smallest absolute Gasteiger partial charge is 0.279 e. The zero-order valence-electron chi connectivity index (χ0n) is 19.4. The lowest BCUT2D eigenvalue weighted by molar-refractivity contribution is -0.111. The van der Waals surface area contributed by atoms with Gasteiger partial charge in [0.2, 0.25) is 0 Å². The minimum atomic E-state index is -0.358. The molecule has 1 aliphatic heterocycles. The van der Waals surface area contributed by atoms with Gasteiger partial charge in [0.15, 0.2) is 5.71 Å². The van der Waals surface area contributed by atoms with E-state index in [4.69, 9.17) is 0 Å². The van der Waals surface area contributed by atoms with Crippen LogP contribution < -0.4 is 4.90 Å². The van der Waals surface area contributed by atoms with Gasteiger partial charge in [-0.2, -0.15) is 0 Å². The highest BCUT2D eigenvalue weighted by molar-refractivity contribution is 6.54. The summed E-state index contributed by atoms with van der Waals surface area (Å²) in [6.45, 7) is 0. The van der Waals surface area contributed by atoms with Gasteiger partial charge in [0, 0.05) is 18.2 Å². The standard InChI is InChI=1S/C30H21F2N3O/c1-35-28-10-6-5-9-25(28)29(30(35)36)34-33-27(22-7-3-2-4-8-22)19-26(20-11-15-23(31)16-12-20)21-13-17-24(32)18-14-21/h2-19H,1H3/b33-27-,34-29-. The number of halogens is 2. The number of allylic oxidation sites excluding steroid dienone is 1. The first-order valence-electron chi connectivity index (χ1n) is 11.3. The number of para-hydroxylation sites is 1. The van der Waals surface area contributed by atoms with E-state index in [2.05, 4.69) is 10.2 Å². The molecule has 4 aromatic rings. The highest BCUT2D eigenvalue weighted by Gasteiger charge is 2.31. The summed E-state index contributed by atoms with van der Waals surface area (Å²) in [5, 5.41) is 8.91. The van der Waals surface area contributed by atoms with Gasteiger partial charge in [-0.05, 0) is 53.1 Å². The summed E-state index contributed by atoms with van der Waals surface area (Å²) in [5.74, 6) is -0.959. The van der Waals surface area contributed by atoms with E-state index < -0.39 is 0 Å². The van der Waals surface area contributed by atoms with Gasteiger partial charge in [-0.1, -0.05) is 72.8 Å². The summed E-state index contributed by atoms with van der Waals surface area (Å²) < 4.78 is 27.3. The van der Waals surface area contributed by atoms with Crippen LogP contribution in [0.1, 0.15) is 22.3 Å². The lowest BCUT2D eigenvalue weighted by Crippen LogP contribution is -2.25. The second-order valence-electron chi connectivity index (χ2n) is 8.25. The van der Waals surface area contributed by atoms with E-state index in [0.717, 1.165) is 22.4 Å². The van der Waals surface area contributed by atoms with Crippen molar-refractivity contribution in [1.29, 1.82) is 0 Å². The van der Waals surface area contributed by atoms with E-state index >= 15 is 0 Å². The molecule has 1 amide bonds. The fraction of sp³-hybridized carbons (Fsp3) is 0.0333. The Kier molecular flexibility index (Phi) is 6.33. The molecule has 1 heterocycles. The van der Waals surface area contributed by atoms with Crippen LogP contribution in [0, 0.1) is 11.6 Å². The Hall–Kier alpha value is -4.71. The van der Waals surface area contributed by atoms with Crippen LogP contribution in [-0.2, 0) is 4.79 Å². The lowest BCUT2D eigenvalue weighted by Gasteiger charge is -2.10. The average Bonchev–Trinajstić information content (AvgIpc) is 3.15. The van der Waals surface area contributed by atoms with Gasteiger partial charge in [0.1, 0.15) is 11.6 Å². The van der Waals surface area contributed by atoms with Crippen LogP contribution in [0.2, 0.25) is 0 Å². The molecule has 0 aliphatic carbocycles. The number of benzene rings is 4. The number of carbonyl (C=O) groups is 1. The van der Waals surface area contributed by atoms with Crippen LogP contribution in [0.4, 0.5) is 14.5 Å². The molecule has 1 aliphatic rings. The van der Waals surface area contributed by atoms with Gasteiger partial charge in [0.25, 0.3) is 5.91 Å². The van der Waals surface area contributed by atoms with Gasteiger partial charge in [0.05, 0.1) is 11.4 Å². The molecule has 0 spiro atoms. The largest absolute Gasteiger partial charge is 0.309 e. The van der Waals surface area contributed by atoms with Crippen molar-refractivity contribution in [2.24, 2.45) is 10.2 Å². The van der Waals surface area contributed by atoms with Crippen LogP contribution in [0.3, 0.4) is 0 Å². The van der Waals surface area contributed by atoms with Crippen molar-refractivity contribution >= 4 is 28.6 Å². The molecule has 0 saturated heterocycles. The Morgan fingerprint density at radius 3 is 1.89 bits per heavy atom. The zero-order valence-corrected chi connectivity index (χ0v) is 19.4. The summed E-state index contributed by atoms with van der Waals surface area (Å²) >= 11 is 0. The number of anilines is 1. The predicted octanol–water partition coefficient (Wildman–Crippen LogP) is 6.27. The predicted molar refractivity (Wildman–Crippen MR) is 139 cm³/mol. The van der Waals surface area contributed by atoms with Gasteiger partial charge < -0.3 is 4.90 Å². The third kappa shape index (κ3) is 4.61. The van der Waals surface area contributed by atoms with E-state index in [1.54, 1.807) is 36.2 Å². The van der Waals surface area contributed by atoms with E-state index in [1.165, 1.54) is 24.3 Å². The van der Waals surface area contributed by atoms with Crippen LogP contribution in [0.15, 0.2) is 119 Å². The molecule has 4 aromatic carbocycles. The Morgan fingerprint density at radius 1 is 0.722 bits per heavy atom. The number of hydrogen-bond donors (Lipinski definition) is 0. The van der Waals surface area contributed by atoms with Crippen molar-refractivity contribution < 1.29 is 13.6 Å². The maximum atomic E-state index is 13.7. The third-order valence-corrected chi connectivity index (χ3v) is 5.95. The first kappa shape index (κ1) is 23.1. The molecule has 0 unspecified atom stereocenters. The Bertz CT molecular complexity index is 1460. The monoisotopic (exact) mass is 477 g/mol. The van der Waals surface area contributed by atoms with Gasteiger partial charge in [-0.3, -0.25) is 4.79 Å². The molecule has 0 radical (unpaired) electrons. The maximum absolute atomic E-state index is 13.7. The Balaban J connectivity index is 1.69. The summed E-state index contributed by atoms with van der Waals surface area (Å²) in [4.78, 5) is 14.4. The molecule has 0 N–H and O–H groups in total. The van der Waals surface area contributed by atoms with Gasteiger partial charge in [-0.15, -0.1) is 10.2 Å². The number of fused-ring (bicyclic) bond motifs is 1. The van der Waals surface area contributed by atoms with E-state index in [-0.39, 0.29) is 23.3 Å². The molecular weight excluding hydrogens is 456 g/mol. The lowest BCUT2D eigenvalue weighted by atomic mass is 9.95. The molecule has 4 nitrogen and oxygen atoms in total. The third-order valence-electron chi connectivity index (χ3n) is 5.95. The molecule has 36 heavy (non-hydrogen) atoms. The first-order valence-corrected chi connectivity index (χ1v) is 11.3. The van der Waals surface area contributed by atoms with Crippen molar-refractivity contribution in [3.8, 4) is 0 Å². The minimum Gasteiger partial charge on any atom is -0.309 e. The van der Waals surface area contributed by atoms with Crippen molar-refractivity contribution in [2.75, 3.05) is 11.9 Å². The zero-order chi connectivity index (χ0) is 25.1. The number of nitrogens with zero attached hydrogens (tertiary/aromatic N) is 3. The number of likely N-dealkylation sites (N-methyl/N-ethyl adjacent to an activating group) is 1. The fourth-order valence-corrected chi connectivity index (χ4v) is 4.06. The van der Waals surface area contributed by atoms with Crippen LogP contribution >= 0.6 is 0 Å². The molecule has 0 bridgehead atoms. The summed E-state index contributed by atoms with van der Waals surface area (Å²) in [5.41, 5.74) is 5.15. The van der Waals surface area contributed by atoms with Gasteiger partial charge in [-0.25, -0.2) is 8.78 Å². The quantitative estimate of drug-likeness (QED) is 0.247. The molecule has 6 heteroatoms. The molecule has 0 atom stereocenters.